The monoisotopic (exact) mass is 336 g/mol. The highest BCUT2D eigenvalue weighted by Crippen LogP contribution is 2.34. The molecule has 1 saturated heterocycles. The second-order valence-electron chi connectivity index (χ2n) is 6.69. The van der Waals surface area contributed by atoms with Crippen LogP contribution in [0.1, 0.15) is 42.9 Å². The van der Waals surface area contributed by atoms with Crippen LogP contribution in [0.2, 0.25) is 0 Å². The average molecular weight is 336 g/mol. The number of hydrogen-bond acceptors (Lipinski definition) is 2. The van der Waals surface area contributed by atoms with E-state index in [0.717, 1.165) is 29.5 Å². The molecule has 4 heteroatoms. The van der Waals surface area contributed by atoms with Crippen LogP contribution in [0.3, 0.4) is 0 Å². The van der Waals surface area contributed by atoms with E-state index >= 15 is 0 Å². The van der Waals surface area contributed by atoms with Crippen LogP contribution in [0.4, 0.5) is 4.79 Å². The number of carbonyl (C=O) groups is 2. The van der Waals surface area contributed by atoms with Crippen LogP contribution in [-0.4, -0.2) is 16.8 Å². The van der Waals surface area contributed by atoms with Crippen LogP contribution in [-0.2, 0) is 16.9 Å². The maximum atomic E-state index is 13.3. The number of unbranched alkanes of at least 4 members (excludes halogenated alkanes) is 1. The lowest BCUT2D eigenvalue weighted by molar-refractivity contribution is -0.132. The fourth-order valence-electron chi connectivity index (χ4n) is 3.44. The predicted octanol–water partition coefficient (Wildman–Crippen LogP) is 4.13. The number of benzene rings is 2. The van der Waals surface area contributed by atoms with Crippen molar-refractivity contribution in [1.29, 1.82) is 0 Å². The van der Waals surface area contributed by atoms with Crippen LogP contribution >= 0.6 is 0 Å². The summed E-state index contributed by atoms with van der Waals surface area (Å²) in [5.74, 6) is -0.154. The standard InChI is InChI=1S/C21H24N2O2/c1-3-4-13-21(18-11-6-5-7-12-18)19(24)23(20(25)22-21)15-17-10-8-9-16(2)14-17/h5-12,14H,3-4,13,15H2,1-2H3,(H,22,25). The number of nitrogens with zero attached hydrogens (tertiary/aromatic N) is 1. The van der Waals surface area contributed by atoms with Crippen LogP contribution in [0.25, 0.3) is 0 Å². The highest BCUT2D eigenvalue weighted by molar-refractivity contribution is 6.07. The second kappa shape index (κ2) is 7.09. The first-order chi connectivity index (χ1) is 12.1. The third-order valence-corrected chi connectivity index (χ3v) is 4.77. The zero-order valence-electron chi connectivity index (χ0n) is 14.8. The van der Waals surface area contributed by atoms with Gasteiger partial charge in [-0.05, 0) is 24.5 Å². The fraction of sp³-hybridized carbons (Fsp3) is 0.333. The number of aryl methyl sites for hydroxylation is 1. The van der Waals surface area contributed by atoms with Gasteiger partial charge in [0, 0.05) is 0 Å². The Morgan fingerprint density at radius 1 is 1.04 bits per heavy atom. The molecule has 0 aromatic heterocycles. The Labute approximate surface area is 148 Å². The summed E-state index contributed by atoms with van der Waals surface area (Å²) in [5.41, 5.74) is 1.99. The van der Waals surface area contributed by atoms with Crippen molar-refractivity contribution in [3.05, 3.63) is 71.3 Å². The number of nitrogens with one attached hydrogen (secondary N) is 1. The van der Waals surface area contributed by atoms with Gasteiger partial charge in [0.05, 0.1) is 6.54 Å². The quantitative estimate of drug-likeness (QED) is 0.806. The summed E-state index contributed by atoms with van der Waals surface area (Å²) in [5, 5.41) is 2.99. The number of amides is 3. The largest absolute Gasteiger partial charge is 0.325 e. The molecule has 0 saturated carbocycles. The van der Waals surface area contributed by atoms with Crippen LogP contribution in [0.5, 0.6) is 0 Å². The second-order valence-corrected chi connectivity index (χ2v) is 6.69. The number of rotatable bonds is 6. The van der Waals surface area contributed by atoms with E-state index in [0.29, 0.717) is 13.0 Å². The third-order valence-electron chi connectivity index (χ3n) is 4.77. The molecule has 1 N–H and O–H groups in total. The van der Waals surface area contributed by atoms with Crippen molar-refractivity contribution in [2.24, 2.45) is 0 Å². The predicted molar refractivity (Wildman–Crippen MR) is 97.9 cm³/mol. The minimum atomic E-state index is -0.946. The van der Waals surface area contributed by atoms with Gasteiger partial charge in [-0.25, -0.2) is 4.79 Å². The van der Waals surface area contributed by atoms with Crippen molar-refractivity contribution >= 4 is 11.9 Å². The van der Waals surface area contributed by atoms with Crippen molar-refractivity contribution < 1.29 is 9.59 Å². The summed E-state index contributed by atoms with van der Waals surface area (Å²) in [7, 11) is 0. The van der Waals surface area contributed by atoms with Crippen molar-refractivity contribution in [2.75, 3.05) is 0 Å². The number of hydrogen-bond donors (Lipinski definition) is 1. The Kier molecular flexibility index (Phi) is 4.88. The van der Waals surface area contributed by atoms with E-state index in [-0.39, 0.29) is 11.9 Å². The zero-order chi connectivity index (χ0) is 17.9. The van der Waals surface area contributed by atoms with Gasteiger partial charge in [-0.1, -0.05) is 79.9 Å². The SMILES string of the molecule is CCCCC1(c2ccccc2)NC(=O)N(Cc2cccc(C)c2)C1=O. The van der Waals surface area contributed by atoms with E-state index in [1.165, 1.54) is 4.90 Å². The Hall–Kier alpha value is -2.62. The highest BCUT2D eigenvalue weighted by Gasteiger charge is 2.51. The van der Waals surface area contributed by atoms with Gasteiger partial charge in [-0.15, -0.1) is 0 Å². The van der Waals surface area contributed by atoms with Crippen molar-refractivity contribution in [3.8, 4) is 0 Å². The van der Waals surface area contributed by atoms with E-state index < -0.39 is 5.54 Å². The maximum absolute atomic E-state index is 13.3. The number of carbonyl (C=O) groups excluding carboxylic acids is 2. The molecule has 2 aromatic carbocycles. The van der Waals surface area contributed by atoms with Gasteiger partial charge in [-0.2, -0.15) is 0 Å². The summed E-state index contributed by atoms with van der Waals surface area (Å²) >= 11 is 0. The molecule has 130 valence electrons. The molecule has 1 unspecified atom stereocenters. The molecule has 3 rings (SSSR count). The van der Waals surface area contributed by atoms with Gasteiger partial charge < -0.3 is 5.32 Å². The van der Waals surface area contributed by atoms with Gasteiger partial charge in [-0.3, -0.25) is 9.69 Å². The van der Waals surface area contributed by atoms with E-state index in [9.17, 15) is 9.59 Å². The van der Waals surface area contributed by atoms with Crippen molar-refractivity contribution in [1.82, 2.24) is 10.2 Å². The summed E-state index contributed by atoms with van der Waals surface area (Å²) in [6, 6.07) is 17.2. The topological polar surface area (TPSA) is 49.4 Å². The van der Waals surface area contributed by atoms with E-state index in [1.807, 2.05) is 61.5 Å². The molecule has 4 nitrogen and oxygen atoms in total. The van der Waals surface area contributed by atoms with Crippen molar-refractivity contribution in [3.63, 3.8) is 0 Å². The van der Waals surface area contributed by atoms with Gasteiger partial charge in [0.2, 0.25) is 0 Å². The molecule has 3 amide bonds. The van der Waals surface area contributed by atoms with Crippen molar-refractivity contribution in [2.45, 2.75) is 45.2 Å². The Morgan fingerprint density at radius 2 is 1.80 bits per heavy atom. The average Bonchev–Trinajstić information content (AvgIpc) is 2.86. The summed E-state index contributed by atoms with van der Waals surface area (Å²) in [4.78, 5) is 27.2. The van der Waals surface area contributed by atoms with Gasteiger partial charge in [0.15, 0.2) is 0 Å². The molecule has 1 heterocycles. The van der Waals surface area contributed by atoms with Gasteiger partial charge >= 0.3 is 6.03 Å². The number of imide groups is 1. The maximum Gasteiger partial charge on any atom is 0.325 e. The molecule has 1 aliphatic heterocycles. The summed E-state index contributed by atoms with van der Waals surface area (Å²) in [6.45, 7) is 4.39. The molecule has 0 bridgehead atoms. The molecule has 1 atom stereocenters. The molecule has 2 aromatic rings. The highest BCUT2D eigenvalue weighted by atomic mass is 16.2. The molecule has 0 spiro atoms. The zero-order valence-corrected chi connectivity index (χ0v) is 14.8. The van der Waals surface area contributed by atoms with E-state index in [2.05, 4.69) is 12.2 Å². The smallest absolute Gasteiger partial charge is 0.319 e. The Balaban J connectivity index is 1.93. The Bertz CT molecular complexity index is 772. The lowest BCUT2D eigenvalue weighted by atomic mass is 9.85. The lowest BCUT2D eigenvalue weighted by Gasteiger charge is -2.27. The molecule has 25 heavy (non-hydrogen) atoms. The first-order valence-corrected chi connectivity index (χ1v) is 8.82. The molecule has 1 fully saturated rings. The minimum Gasteiger partial charge on any atom is -0.319 e. The molecule has 1 aliphatic rings. The molecule has 0 aliphatic carbocycles. The summed E-state index contributed by atoms with van der Waals surface area (Å²) < 4.78 is 0. The minimum absolute atomic E-state index is 0.154. The molecular formula is C21H24N2O2. The van der Waals surface area contributed by atoms with E-state index in [4.69, 9.17) is 0 Å². The van der Waals surface area contributed by atoms with Crippen LogP contribution in [0, 0.1) is 6.92 Å². The first-order valence-electron chi connectivity index (χ1n) is 8.82. The third kappa shape index (κ3) is 3.29. The van der Waals surface area contributed by atoms with Gasteiger partial charge in [0.1, 0.15) is 5.54 Å². The van der Waals surface area contributed by atoms with Crippen LogP contribution < -0.4 is 5.32 Å². The van der Waals surface area contributed by atoms with E-state index in [1.54, 1.807) is 0 Å². The van der Waals surface area contributed by atoms with Crippen LogP contribution in [0.15, 0.2) is 54.6 Å². The number of urea groups is 1. The fourth-order valence-corrected chi connectivity index (χ4v) is 3.44. The summed E-state index contributed by atoms with van der Waals surface area (Å²) in [6.07, 6.45) is 2.46. The van der Waals surface area contributed by atoms with Gasteiger partial charge in [0.25, 0.3) is 5.91 Å². The normalized spacial score (nSPS) is 20.0. The lowest BCUT2D eigenvalue weighted by Crippen LogP contribution is -2.44. The molecular weight excluding hydrogens is 312 g/mol. The molecule has 0 radical (unpaired) electrons. The Morgan fingerprint density at radius 3 is 2.48 bits per heavy atom. The first kappa shape index (κ1) is 17.2.